The predicted molar refractivity (Wildman–Crippen MR) is 67.0 cm³/mol. The molecule has 1 heterocycles. The van der Waals surface area contributed by atoms with Gasteiger partial charge < -0.3 is 5.32 Å². The predicted octanol–water partition coefficient (Wildman–Crippen LogP) is 3.33. The van der Waals surface area contributed by atoms with Gasteiger partial charge in [-0.25, -0.2) is 13.8 Å². The molecule has 0 unspecified atom stereocenters. The minimum absolute atomic E-state index is 0.186. The van der Waals surface area contributed by atoms with Gasteiger partial charge in [-0.15, -0.1) is 0 Å². The van der Waals surface area contributed by atoms with E-state index >= 15 is 0 Å². The number of benzene rings is 1. The molecule has 6 heteroatoms. The molecule has 0 aliphatic heterocycles. The highest BCUT2D eigenvalue weighted by molar-refractivity contribution is 7.18. The Labute approximate surface area is 106 Å². The highest BCUT2D eigenvalue weighted by Crippen LogP contribution is 2.32. The molecule has 0 atom stereocenters. The molecule has 0 aliphatic rings. The van der Waals surface area contributed by atoms with Crippen molar-refractivity contribution >= 4 is 22.3 Å². The second-order valence-electron chi connectivity index (χ2n) is 3.66. The topological polar surface area (TPSA) is 42.0 Å². The van der Waals surface area contributed by atoms with E-state index in [1.807, 2.05) is 0 Å². The summed E-state index contributed by atoms with van der Waals surface area (Å²) in [5.41, 5.74) is 0.561. The fraction of sp³-hybridized carbons (Fsp3) is 0.167. The summed E-state index contributed by atoms with van der Waals surface area (Å²) in [6.45, 7) is 1.39. The lowest BCUT2D eigenvalue weighted by Crippen LogP contribution is -1.93. The van der Waals surface area contributed by atoms with E-state index in [1.54, 1.807) is 7.05 Å². The first-order chi connectivity index (χ1) is 8.51. The van der Waals surface area contributed by atoms with Crippen LogP contribution in [0.2, 0.25) is 0 Å². The molecule has 18 heavy (non-hydrogen) atoms. The van der Waals surface area contributed by atoms with Crippen molar-refractivity contribution in [2.24, 2.45) is 0 Å². The summed E-state index contributed by atoms with van der Waals surface area (Å²) < 4.78 is 26.3. The van der Waals surface area contributed by atoms with E-state index in [2.05, 4.69) is 10.3 Å². The van der Waals surface area contributed by atoms with Crippen LogP contribution in [0.25, 0.3) is 11.3 Å². The van der Waals surface area contributed by atoms with E-state index in [4.69, 9.17) is 0 Å². The number of Topliss-reactive ketones (excluding diaryl/α,β-unsaturated/α-hetero) is 1. The second-order valence-corrected chi connectivity index (χ2v) is 4.66. The number of carbonyl (C=O) groups is 1. The Hall–Kier alpha value is -1.82. The molecule has 1 aromatic heterocycles. The van der Waals surface area contributed by atoms with Crippen LogP contribution in [-0.2, 0) is 0 Å². The number of halogens is 2. The van der Waals surface area contributed by atoms with Gasteiger partial charge in [0.1, 0.15) is 11.6 Å². The Kier molecular flexibility index (Phi) is 3.38. The van der Waals surface area contributed by atoms with Gasteiger partial charge in [-0.3, -0.25) is 4.79 Å². The number of thiazole rings is 1. The standard InChI is InChI=1S/C12H10F2N2OS/c1-6(17)11-10(16-12(15-2)18-11)7-3-8(13)5-9(14)4-7/h3-5H,1-2H3,(H,15,16). The first-order valence-electron chi connectivity index (χ1n) is 5.17. The minimum atomic E-state index is -0.696. The minimum Gasteiger partial charge on any atom is -0.365 e. The Bertz CT molecular complexity index is 590. The van der Waals surface area contributed by atoms with Crippen molar-refractivity contribution in [1.82, 2.24) is 4.98 Å². The zero-order chi connectivity index (χ0) is 13.3. The van der Waals surface area contributed by atoms with Crippen LogP contribution in [0.15, 0.2) is 18.2 Å². The molecular weight excluding hydrogens is 258 g/mol. The Morgan fingerprint density at radius 2 is 1.89 bits per heavy atom. The first-order valence-corrected chi connectivity index (χ1v) is 5.99. The van der Waals surface area contributed by atoms with E-state index in [-0.39, 0.29) is 11.3 Å². The molecule has 0 fully saturated rings. The van der Waals surface area contributed by atoms with E-state index in [1.165, 1.54) is 6.92 Å². The molecule has 0 saturated carbocycles. The molecule has 2 rings (SSSR count). The van der Waals surface area contributed by atoms with Crippen molar-refractivity contribution in [2.75, 3.05) is 12.4 Å². The third-order valence-corrected chi connectivity index (χ3v) is 3.47. The lowest BCUT2D eigenvalue weighted by Gasteiger charge is -2.00. The number of rotatable bonds is 3. The van der Waals surface area contributed by atoms with Crippen LogP contribution in [0, 0.1) is 11.6 Å². The molecule has 0 radical (unpaired) electrons. The van der Waals surface area contributed by atoms with Crippen molar-refractivity contribution in [1.29, 1.82) is 0 Å². The molecule has 0 amide bonds. The smallest absolute Gasteiger partial charge is 0.183 e. The zero-order valence-electron chi connectivity index (χ0n) is 9.75. The SMILES string of the molecule is CNc1nc(-c2cc(F)cc(F)c2)c(C(C)=O)s1. The Morgan fingerprint density at radius 1 is 1.28 bits per heavy atom. The second kappa shape index (κ2) is 4.81. The molecule has 1 N–H and O–H groups in total. The number of hydrogen-bond donors (Lipinski definition) is 1. The molecule has 0 spiro atoms. The van der Waals surface area contributed by atoms with Gasteiger partial charge in [0.15, 0.2) is 10.9 Å². The van der Waals surface area contributed by atoms with Crippen molar-refractivity contribution in [3.63, 3.8) is 0 Å². The number of carbonyl (C=O) groups excluding carboxylic acids is 1. The van der Waals surface area contributed by atoms with E-state index in [0.29, 0.717) is 15.7 Å². The molecule has 1 aromatic carbocycles. The Morgan fingerprint density at radius 3 is 2.39 bits per heavy atom. The first kappa shape index (κ1) is 12.6. The van der Waals surface area contributed by atoms with Gasteiger partial charge in [0.2, 0.25) is 0 Å². The van der Waals surface area contributed by atoms with Crippen molar-refractivity contribution in [3.8, 4) is 11.3 Å². The van der Waals surface area contributed by atoms with Crippen LogP contribution in [-0.4, -0.2) is 17.8 Å². The maximum Gasteiger partial charge on any atom is 0.183 e. The maximum atomic E-state index is 13.2. The van der Waals surface area contributed by atoms with Crippen LogP contribution in [0.5, 0.6) is 0 Å². The van der Waals surface area contributed by atoms with Crippen LogP contribution in [0.1, 0.15) is 16.6 Å². The quantitative estimate of drug-likeness (QED) is 0.868. The molecule has 0 saturated heterocycles. The fourth-order valence-corrected chi connectivity index (χ4v) is 2.39. The summed E-state index contributed by atoms with van der Waals surface area (Å²) in [5, 5.41) is 3.34. The monoisotopic (exact) mass is 268 g/mol. The summed E-state index contributed by atoms with van der Waals surface area (Å²) in [6.07, 6.45) is 0. The number of hydrogen-bond acceptors (Lipinski definition) is 4. The number of ketones is 1. The molecule has 3 nitrogen and oxygen atoms in total. The van der Waals surface area contributed by atoms with Crippen LogP contribution >= 0.6 is 11.3 Å². The largest absolute Gasteiger partial charge is 0.365 e. The van der Waals surface area contributed by atoms with Gasteiger partial charge in [0, 0.05) is 25.6 Å². The average molecular weight is 268 g/mol. The normalized spacial score (nSPS) is 10.4. The van der Waals surface area contributed by atoms with Gasteiger partial charge in [0.25, 0.3) is 0 Å². The lowest BCUT2D eigenvalue weighted by atomic mass is 10.1. The van der Waals surface area contributed by atoms with E-state index < -0.39 is 11.6 Å². The molecular formula is C12H10F2N2OS. The number of nitrogens with one attached hydrogen (secondary N) is 1. The summed E-state index contributed by atoms with van der Waals surface area (Å²) >= 11 is 1.16. The third-order valence-electron chi connectivity index (χ3n) is 2.30. The number of nitrogens with zero attached hydrogens (tertiary/aromatic N) is 1. The highest BCUT2D eigenvalue weighted by atomic mass is 32.1. The summed E-state index contributed by atoms with van der Waals surface area (Å²) in [5.74, 6) is -1.58. The van der Waals surface area contributed by atoms with Crippen molar-refractivity contribution in [3.05, 3.63) is 34.7 Å². The fourth-order valence-electron chi connectivity index (χ4n) is 1.55. The third kappa shape index (κ3) is 2.38. The van der Waals surface area contributed by atoms with E-state index in [0.717, 1.165) is 29.5 Å². The van der Waals surface area contributed by atoms with E-state index in [9.17, 15) is 13.6 Å². The van der Waals surface area contributed by atoms with Crippen molar-refractivity contribution in [2.45, 2.75) is 6.92 Å². The molecule has 0 aliphatic carbocycles. The van der Waals surface area contributed by atoms with Gasteiger partial charge in [-0.1, -0.05) is 11.3 Å². The molecule has 0 bridgehead atoms. The molecule has 94 valence electrons. The van der Waals surface area contributed by atoms with Gasteiger partial charge in [-0.2, -0.15) is 0 Å². The molecule has 2 aromatic rings. The Balaban J connectivity index is 2.61. The summed E-state index contributed by atoms with van der Waals surface area (Å²) in [6, 6.07) is 3.09. The van der Waals surface area contributed by atoms with Crippen LogP contribution < -0.4 is 5.32 Å². The van der Waals surface area contributed by atoms with Crippen LogP contribution in [0.3, 0.4) is 0 Å². The number of anilines is 1. The zero-order valence-corrected chi connectivity index (χ0v) is 10.6. The van der Waals surface area contributed by atoms with Gasteiger partial charge in [-0.05, 0) is 12.1 Å². The summed E-state index contributed by atoms with van der Waals surface area (Å²) in [4.78, 5) is 16.0. The van der Waals surface area contributed by atoms with Gasteiger partial charge in [0.05, 0.1) is 10.6 Å². The maximum absolute atomic E-state index is 13.2. The van der Waals surface area contributed by atoms with Crippen molar-refractivity contribution < 1.29 is 13.6 Å². The average Bonchev–Trinajstić information content (AvgIpc) is 2.71. The lowest BCUT2D eigenvalue weighted by molar-refractivity contribution is 0.102. The summed E-state index contributed by atoms with van der Waals surface area (Å²) in [7, 11) is 1.67. The number of aromatic nitrogens is 1. The highest BCUT2D eigenvalue weighted by Gasteiger charge is 2.17. The van der Waals surface area contributed by atoms with Crippen LogP contribution in [0.4, 0.5) is 13.9 Å². The van der Waals surface area contributed by atoms with Gasteiger partial charge >= 0.3 is 0 Å².